The molecule has 2 N–H and O–H groups in total. The van der Waals surface area contributed by atoms with Gasteiger partial charge < -0.3 is 15.3 Å². The zero-order valence-corrected chi connectivity index (χ0v) is 18.1. The summed E-state index contributed by atoms with van der Waals surface area (Å²) in [5.74, 6) is 0.134. The normalized spacial score (nSPS) is 26.6. The molecule has 0 radical (unpaired) electrons. The number of hydrogen-bond acceptors (Lipinski definition) is 4. The SMILES string of the molecule is CC(O)C(C)N[C@@H]1CC[C@@](C(=O)N2CCc3ncc(C(F)(F)F)cc3C2)(C(C)C)C1. The van der Waals surface area contributed by atoms with Crippen LogP contribution >= 0.6 is 0 Å². The van der Waals surface area contributed by atoms with Gasteiger partial charge in [-0.2, -0.15) is 13.2 Å². The number of amides is 1. The Labute approximate surface area is 176 Å². The molecule has 1 amide bonds. The number of aliphatic hydroxyl groups is 1. The number of nitrogens with one attached hydrogen (secondary N) is 1. The quantitative estimate of drug-likeness (QED) is 0.755. The summed E-state index contributed by atoms with van der Waals surface area (Å²) in [7, 11) is 0. The summed E-state index contributed by atoms with van der Waals surface area (Å²) in [6.45, 7) is 8.39. The van der Waals surface area contributed by atoms with Crippen molar-refractivity contribution in [3.63, 3.8) is 0 Å². The van der Waals surface area contributed by atoms with E-state index in [0.717, 1.165) is 25.1 Å². The van der Waals surface area contributed by atoms with Crippen molar-refractivity contribution in [2.24, 2.45) is 11.3 Å². The van der Waals surface area contributed by atoms with E-state index in [2.05, 4.69) is 10.3 Å². The molecule has 0 spiro atoms. The summed E-state index contributed by atoms with van der Waals surface area (Å²) >= 11 is 0. The van der Waals surface area contributed by atoms with Gasteiger partial charge in [-0.1, -0.05) is 13.8 Å². The largest absolute Gasteiger partial charge is 0.417 e. The van der Waals surface area contributed by atoms with Crippen molar-refractivity contribution in [3.8, 4) is 0 Å². The number of rotatable bonds is 5. The maximum atomic E-state index is 13.6. The molecule has 30 heavy (non-hydrogen) atoms. The van der Waals surface area contributed by atoms with Crippen LogP contribution in [-0.4, -0.2) is 45.6 Å². The summed E-state index contributed by atoms with van der Waals surface area (Å²) in [6.07, 6.45) is -1.34. The number of nitrogens with zero attached hydrogens (tertiary/aromatic N) is 2. The summed E-state index contributed by atoms with van der Waals surface area (Å²) in [6, 6.07) is 1.20. The Kier molecular flexibility index (Phi) is 6.49. The smallest absolute Gasteiger partial charge is 0.392 e. The number of alkyl halides is 3. The Morgan fingerprint density at radius 1 is 1.33 bits per heavy atom. The van der Waals surface area contributed by atoms with Crippen molar-refractivity contribution in [1.29, 1.82) is 0 Å². The van der Waals surface area contributed by atoms with Crippen LogP contribution in [0.25, 0.3) is 0 Å². The predicted octanol–water partition coefficient (Wildman–Crippen LogP) is 3.54. The molecule has 0 saturated heterocycles. The highest BCUT2D eigenvalue weighted by Gasteiger charge is 2.49. The number of carbonyl (C=O) groups is 1. The van der Waals surface area contributed by atoms with Crippen molar-refractivity contribution in [1.82, 2.24) is 15.2 Å². The van der Waals surface area contributed by atoms with Gasteiger partial charge in [0.05, 0.1) is 17.1 Å². The minimum Gasteiger partial charge on any atom is -0.392 e. The van der Waals surface area contributed by atoms with Crippen LogP contribution < -0.4 is 5.32 Å². The third kappa shape index (κ3) is 4.49. The molecule has 5 nitrogen and oxygen atoms in total. The van der Waals surface area contributed by atoms with E-state index in [-0.39, 0.29) is 30.5 Å². The zero-order chi connectivity index (χ0) is 22.3. The van der Waals surface area contributed by atoms with Crippen LogP contribution in [0.2, 0.25) is 0 Å². The molecule has 1 saturated carbocycles. The summed E-state index contributed by atoms with van der Waals surface area (Å²) in [4.78, 5) is 19.3. The summed E-state index contributed by atoms with van der Waals surface area (Å²) in [5, 5.41) is 13.2. The first-order valence-electron chi connectivity index (χ1n) is 10.7. The van der Waals surface area contributed by atoms with Crippen LogP contribution in [-0.2, 0) is 23.9 Å². The molecule has 168 valence electrons. The van der Waals surface area contributed by atoms with Crippen LogP contribution in [0.4, 0.5) is 13.2 Å². The molecular weight excluding hydrogens is 395 g/mol. The molecule has 1 aromatic rings. The Hall–Kier alpha value is -1.67. The highest BCUT2D eigenvalue weighted by Crippen LogP contribution is 2.46. The average molecular weight is 428 g/mol. The molecule has 1 aromatic heterocycles. The van der Waals surface area contributed by atoms with Crippen LogP contribution in [0, 0.1) is 11.3 Å². The maximum Gasteiger partial charge on any atom is 0.417 e. The van der Waals surface area contributed by atoms with Gasteiger partial charge in [0.2, 0.25) is 5.91 Å². The number of fused-ring (bicyclic) bond motifs is 1. The van der Waals surface area contributed by atoms with Crippen LogP contribution in [0.3, 0.4) is 0 Å². The number of hydrogen-bond donors (Lipinski definition) is 2. The second-order valence-electron chi connectivity index (χ2n) is 9.25. The standard InChI is InChI=1S/C22H32F3N3O2/c1-13(2)21(7-5-18(10-21)27-14(3)15(4)29)20(30)28-8-6-19-16(12-28)9-17(11-26-19)22(23,24)25/h9,11,13-15,18,27,29H,5-8,10,12H2,1-4H3/t14?,15?,18-,21+/m1/s1. The highest BCUT2D eigenvalue weighted by atomic mass is 19.4. The molecule has 8 heteroatoms. The predicted molar refractivity (Wildman–Crippen MR) is 108 cm³/mol. The van der Waals surface area contributed by atoms with Gasteiger partial charge in [0.1, 0.15) is 0 Å². The Morgan fingerprint density at radius 3 is 2.63 bits per heavy atom. The van der Waals surface area contributed by atoms with E-state index in [1.807, 2.05) is 20.8 Å². The number of halogens is 3. The van der Waals surface area contributed by atoms with E-state index in [0.29, 0.717) is 30.6 Å². The molecule has 0 bridgehead atoms. The molecule has 1 fully saturated rings. The monoisotopic (exact) mass is 427 g/mol. The number of pyridine rings is 1. The Balaban J connectivity index is 1.78. The van der Waals surface area contributed by atoms with Gasteiger partial charge in [-0.15, -0.1) is 0 Å². The molecule has 2 aliphatic rings. The second kappa shape index (κ2) is 8.46. The molecule has 1 aliphatic heterocycles. The van der Waals surface area contributed by atoms with Crippen molar-refractivity contribution in [2.75, 3.05) is 6.54 Å². The number of aromatic nitrogens is 1. The lowest BCUT2D eigenvalue weighted by atomic mass is 9.74. The van der Waals surface area contributed by atoms with Gasteiger partial charge in [-0.05, 0) is 50.7 Å². The first-order chi connectivity index (χ1) is 13.9. The molecule has 2 unspecified atom stereocenters. The fourth-order valence-electron chi connectivity index (χ4n) is 4.76. The maximum absolute atomic E-state index is 13.6. The lowest BCUT2D eigenvalue weighted by Crippen LogP contribution is -2.49. The number of carbonyl (C=O) groups excluding carboxylic acids is 1. The molecule has 1 aliphatic carbocycles. The summed E-state index contributed by atoms with van der Waals surface area (Å²) < 4.78 is 39.3. The molecule has 4 atom stereocenters. The summed E-state index contributed by atoms with van der Waals surface area (Å²) in [5.41, 5.74) is -0.185. The van der Waals surface area contributed by atoms with E-state index in [4.69, 9.17) is 0 Å². The minimum atomic E-state index is -4.45. The first-order valence-corrected chi connectivity index (χ1v) is 10.7. The van der Waals surface area contributed by atoms with Crippen molar-refractivity contribution in [3.05, 3.63) is 29.1 Å². The van der Waals surface area contributed by atoms with Gasteiger partial charge in [0.15, 0.2) is 0 Å². The second-order valence-corrected chi connectivity index (χ2v) is 9.25. The van der Waals surface area contributed by atoms with Gasteiger partial charge in [-0.25, -0.2) is 0 Å². The molecular formula is C22H32F3N3O2. The Bertz CT molecular complexity index is 781. The fraction of sp³-hybridized carbons (Fsp3) is 0.727. The lowest BCUT2D eigenvalue weighted by Gasteiger charge is -2.39. The topological polar surface area (TPSA) is 65.5 Å². The average Bonchev–Trinajstić information content (AvgIpc) is 3.11. The van der Waals surface area contributed by atoms with E-state index >= 15 is 0 Å². The highest BCUT2D eigenvalue weighted by molar-refractivity contribution is 5.83. The van der Waals surface area contributed by atoms with Gasteiger partial charge in [0, 0.05) is 43.5 Å². The molecule has 3 rings (SSSR count). The first kappa shape index (κ1) is 23.0. The third-order valence-corrected chi connectivity index (χ3v) is 6.96. The number of aliphatic hydroxyl groups excluding tert-OH is 1. The fourth-order valence-corrected chi connectivity index (χ4v) is 4.76. The zero-order valence-electron chi connectivity index (χ0n) is 18.1. The lowest BCUT2D eigenvalue weighted by molar-refractivity contribution is -0.146. The van der Waals surface area contributed by atoms with Crippen LogP contribution in [0.5, 0.6) is 0 Å². The Morgan fingerprint density at radius 2 is 2.03 bits per heavy atom. The van der Waals surface area contributed by atoms with E-state index in [1.54, 1.807) is 11.8 Å². The third-order valence-electron chi connectivity index (χ3n) is 6.96. The van der Waals surface area contributed by atoms with Crippen molar-refractivity contribution in [2.45, 2.75) is 84.3 Å². The minimum absolute atomic E-state index is 0.0227. The molecule has 0 aromatic carbocycles. The van der Waals surface area contributed by atoms with Gasteiger partial charge in [0.25, 0.3) is 0 Å². The van der Waals surface area contributed by atoms with Crippen molar-refractivity contribution >= 4 is 5.91 Å². The van der Waals surface area contributed by atoms with Crippen molar-refractivity contribution < 1.29 is 23.1 Å². The van der Waals surface area contributed by atoms with Gasteiger partial charge in [-0.3, -0.25) is 9.78 Å². The van der Waals surface area contributed by atoms with E-state index < -0.39 is 23.3 Å². The van der Waals surface area contributed by atoms with Crippen LogP contribution in [0.1, 0.15) is 63.8 Å². The van der Waals surface area contributed by atoms with E-state index in [1.165, 1.54) is 0 Å². The van der Waals surface area contributed by atoms with E-state index in [9.17, 15) is 23.1 Å². The van der Waals surface area contributed by atoms with Gasteiger partial charge >= 0.3 is 6.18 Å². The molecule has 2 heterocycles. The van der Waals surface area contributed by atoms with Crippen LogP contribution in [0.15, 0.2) is 12.3 Å².